The lowest BCUT2D eigenvalue weighted by atomic mass is 9.64. The van der Waals surface area contributed by atoms with Crippen molar-refractivity contribution in [3.63, 3.8) is 0 Å². The van der Waals surface area contributed by atoms with Crippen molar-refractivity contribution in [1.82, 2.24) is 0 Å². The second-order valence-electron chi connectivity index (χ2n) is 9.03. The molecular weight excluding hydrogens is 362 g/mol. The van der Waals surface area contributed by atoms with Crippen LogP contribution in [0.3, 0.4) is 0 Å². The molecule has 1 fully saturated rings. The van der Waals surface area contributed by atoms with Gasteiger partial charge in [-0.15, -0.1) is 0 Å². The smallest absolute Gasteiger partial charge is 0.0649 e. The molecule has 4 rings (SSSR count). The van der Waals surface area contributed by atoms with Gasteiger partial charge in [0.2, 0.25) is 0 Å². The van der Waals surface area contributed by atoms with Crippen molar-refractivity contribution < 1.29 is 5.11 Å². The van der Waals surface area contributed by atoms with E-state index >= 15 is 0 Å². The molecular formula is C25H31NOS. The van der Waals surface area contributed by atoms with Crippen LogP contribution in [-0.4, -0.2) is 17.4 Å². The fourth-order valence-electron chi connectivity index (χ4n) is 5.21. The van der Waals surface area contributed by atoms with Gasteiger partial charge in [-0.2, -0.15) is 0 Å². The van der Waals surface area contributed by atoms with Gasteiger partial charge in [0.05, 0.1) is 6.10 Å². The normalized spacial score (nSPS) is 30.2. The Labute approximate surface area is 173 Å². The first-order valence-electron chi connectivity index (χ1n) is 10.6. The third-order valence-corrected chi connectivity index (χ3v) is 7.46. The first-order valence-corrected chi connectivity index (χ1v) is 11.3. The van der Waals surface area contributed by atoms with Crippen LogP contribution >= 0.6 is 11.9 Å². The molecule has 2 nitrogen and oxygen atoms in total. The maximum atomic E-state index is 11.0. The van der Waals surface area contributed by atoms with Crippen molar-refractivity contribution in [1.29, 1.82) is 0 Å². The van der Waals surface area contributed by atoms with Crippen molar-refractivity contribution >= 4 is 18.2 Å². The van der Waals surface area contributed by atoms with E-state index in [-0.39, 0.29) is 12.0 Å². The second-order valence-corrected chi connectivity index (χ2v) is 9.90. The second kappa shape index (κ2) is 8.04. The summed E-state index contributed by atoms with van der Waals surface area (Å²) in [5.74, 6) is 0.850. The van der Waals surface area contributed by atoms with Crippen LogP contribution in [0, 0.1) is 17.3 Å². The van der Waals surface area contributed by atoms with Crippen LogP contribution in [0.1, 0.15) is 52.9 Å². The summed E-state index contributed by atoms with van der Waals surface area (Å²) in [7, 11) is 0. The zero-order chi connectivity index (χ0) is 19.7. The quantitative estimate of drug-likeness (QED) is 0.465. The number of benzene rings is 1. The Morgan fingerprint density at radius 2 is 1.96 bits per heavy atom. The van der Waals surface area contributed by atoms with E-state index in [1.165, 1.54) is 36.8 Å². The van der Waals surface area contributed by atoms with E-state index in [0.717, 1.165) is 16.9 Å². The number of hydrogen-bond acceptors (Lipinski definition) is 3. The average molecular weight is 394 g/mol. The van der Waals surface area contributed by atoms with Crippen LogP contribution in [-0.2, 0) is 0 Å². The predicted octanol–water partition coefficient (Wildman–Crippen LogP) is 6.54. The fourth-order valence-corrected chi connectivity index (χ4v) is 5.80. The maximum absolute atomic E-state index is 11.0. The molecule has 1 aromatic carbocycles. The number of nitrogens with zero attached hydrogens (tertiary/aromatic N) is 1. The van der Waals surface area contributed by atoms with E-state index < -0.39 is 0 Å². The Bertz CT molecular complexity index is 849. The predicted molar refractivity (Wildman–Crippen MR) is 120 cm³/mol. The van der Waals surface area contributed by atoms with Crippen LogP contribution < -0.4 is 0 Å². The number of aliphatic hydroxyl groups excluding tert-OH is 1. The molecule has 0 aromatic heterocycles. The lowest BCUT2D eigenvalue weighted by molar-refractivity contribution is 0.105. The Balaban J connectivity index is 1.62. The topological polar surface area (TPSA) is 32.6 Å². The minimum atomic E-state index is -0.320. The molecule has 0 aliphatic heterocycles. The number of hydrogen-bond donors (Lipinski definition) is 1. The first kappa shape index (κ1) is 19.7. The molecule has 0 saturated heterocycles. The van der Waals surface area contributed by atoms with Crippen molar-refractivity contribution in [2.45, 2.75) is 63.9 Å². The minimum Gasteiger partial charge on any atom is -0.392 e. The van der Waals surface area contributed by atoms with Gasteiger partial charge >= 0.3 is 0 Å². The van der Waals surface area contributed by atoms with Gasteiger partial charge in [0.25, 0.3) is 0 Å². The molecule has 3 aliphatic carbocycles. The summed E-state index contributed by atoms with van der Waals surface area (Å²) in [5.41, 5.74) is 6.02. The Hall–Kier alpha value is -1.58. The van der Waals surface area contributed by atoms with E-state index in [9.17, 15) is 5.11 Å². The minimum absolute atomic E-state index is 0.263. The highest BCUT2D eigenvalue weighted by Crippen LogP contribution is 2.57. The molecule has 3 unspecified atom stereocenters. The largest absolute Gasteiger partial charge is 0.392 e. The summed E-state index contributed by atoms with van der Waals surface area (Å²) in [4.78, 5) is 1.13. The first-order chi connectivity index (χ1) is 13.5. The van der Waals surface area contributed by atoms with Gasteiger partial charge in [0, 0.05) is 35.4 Å². The van der Waals surface area contributed by atoms with Gasteiger partial charge in [-0.1, -0.05) is 56.7 Å². The molecule has 1 aromatic rings. The molecule has 0 bridgehead atoms. The number of rotatable bonds is 4. The van der Waals surface area contributed by atoms with Crippen LogP contribution in [0.4, 0.5) is 0 Å². The van der Waals surface area contributed by atoms with Gasteiger partial charge in [0.1, 0.15) is 0 Å². The molecule has 0 amide bonds. The van der Waals surface area contributed by atoms with E-state index in [1.807, 2.05) is 24.4 Å². The SMILES string of the molecule is CC(C)C1=C2C3=CC=C(/C=N/Sc4ccccc4)CC(O)C3CCC2(C)CC1. The number of fused-ring (bicyclic) bond motifs is 3. The van der Waals surface area contributed by atoms with Gasteiger partial charge in [0.15, 0.2) is 0 Å². The van der Waals surface area contributed by atoms with Gasteiger partial charge in [-0.05, 0) is 65.9 Å². The lowest BCUT2D eigenvalue weighted by Gasteiger charge is -2.41. The summed E-state index contributed by atoms with van der Waals surface area (Å²) in [5, 5.41) is 11.0. The van der Waals surface area contributed by atoms with Gasteiger partial charge in [-0.3, -0.25) is 0 Å². The third-order valence-electron chi connectivity index (χ3n) is 6.77. The van der Waals surface area contributed by atoms with E-state index in [4.69, 9.17) is 0 Å². The highest BCUT2D eigenvalue weighted by atomic mass is 32.2. The molecule has 3 heteroatoms. The summed E-state index contributed by atoms with van der Waals surface area (Å²) in [6.45, 7) is 7.08. The van der Waals surface area contributed by atoms with Crippen LogP contribution in [0.15, 0.2) is 74.1 Å². The molecule has 3 aliphatic rings. The Kier molecular flexibility index (Phi) is 5.66. The molecule has 1 saturated carbocycles. The van der Waals surface area contributed by atoms with Crippen molar-refractivity contribution in [2.24, 2.45) is 21.6 Å². The van der Waals surface area contributed by atoms with Gasteiger partial charge in [-0.25, -0.2) is 4.40 Å². The number of aliphatic hydroxyl groups is 1. The van der Waals surface area contributed by atoms with Crippen molar-refractivity contribution in [3.05, 3.63) is 64.8 Å². The summed E-state index contributed by atoms with van der Waals surface area (Å²) >= 11 is 1.48. The highest BCUT2D eigenvalue weighted by molar-refractivity contribution is 7.98. The van der Waals surface area contributed by atoms with Crippen LogP contribution in [0.5, 0.6) is 0 Å². The molecule has 0 radical (unpaired) electrons. The molecule has 0 spiro atoms. The summed E-state index contributed by atoms with van der Waals surface area (Å²) in [6.07, 6.45) is 11.6. The highest BCUT2D eigenvalue weighted by Gasteiger charge is 2.45. The van der Waals surface area contributed by atoms with Crippen molar-refractivity contribution in [3.8, 4) is 0 Å². The summed E-state index contributed by atoms with van der Waals surface area (Å²) < 4.78 is 4.55. The molecule has 148 valence electrons. The molecule has 3 atom stereocenters. The van der Waals surface area contributed by atoms with E-state index in [2.05, 4.69) is 49.5 Å². The van der Waals surface area contributed by atoms with Crippen molar-refractivity contribution in [2.75, 3.05) is 0 Å². The van der Waals surface area contributed by atoms with E-state index in [0.29, 0.717) is 17.8 Å². The lowest BCUT2D eigenvalue weighted by Crippen LogP contribution is -2.33. The number of allylic oxidation sites excluding steroid dienone is 4. The van der Waals surface area contributed by atoms with E-state index in [1.54, 1.807) is 11.1 Å². The molecule has 0 heterocycles. The zero-order valence-electron chi connectivity index (χ0n) is 17.2. The Morgan fingerprint density at radius 3 is 2.71 bits per heavy atom. The third kappa shape index (κ3) is 3.79. The molecule has 28 heavy (non-hydrogen) atoms. The fraction of sp³-hybridized carbons (Fsp3) is 0.480. The summed E-state index contributed by atoms with van der Waals surface area (Å²) in [6, 6.07) is 10.2. The standard InChI is InChI=1S/C25H31NOS/c1-17(2)20-11-13-25(3)14-12-21-22(24(20)25)10-9-18(15-23(21)27)16-26-28-19-7-5-4-6-8-19/h4-10,16-17,21,23,27H,11-15H2,1-3H3/b26-16+. The van der Waals surface area contributed by atoms with Crippen LogP contribution in [0.25, 0.3) is 0 Å². The Morgan fingerprint density at radius 1 is 1.18 bits per heavy atom. The monoisotopic (exact) mass is 393 g/mol. The van der Waals surface area contributed by atoms with Crippen LogP contribution in [0.2, 0.25) is 0 Å². The molecule has 1 N–H and O–H groups in total. The average Bonchev–Trinajstić information content (AvgIpc) is 2.96. The maximum Gasteiger partial charge on any atom is 0.0649 e. The van der Waals surface area contributed by atoms with Gasteiger partial charge < -0.3 is 5.11 Å². The zero-order valence-corrected chi connectivity index (χ0v) is 18.0.